The van der Waals surface area contributed by atoms with Crippen molar-refractivity contribution in [3.8, 4) is 0 Å². The summed E-state index contributed by atoms with van der Waals surface area (Å²) in [5, 5.41) is 2.09. The Balaban J connectivity index is 2.02. The minimum absolute atomic E-state index is 0.263. The van der Waals surface area contributed by atoms with Gasteiger partial charge in [0.15, 0.2) is 0 Å². The van der Waals surface area contributed by atoms with E-state index in [1.54, 1.807) is 0 Å². The quantitative estimate of drug-likeness (QED) is 0.519. The van der Waals surface area contributed by atoms with E-state index >= 15 is 0 Å². The zero-order valence-electron chi connectivity index (χ0n) is 11.6. The van der Waals surface area contributed by atoms with Crippen LogP contribution in [0.25, 0.3) is 0 Å². The van der Waals surface area contributed by atoms with Crippen molar-refractivity contribution in [1.82, 2.24) is 0 Å². The molecule has 0 saturated heterocycles. The van der Waals surface area contributed by atoms with Crippen LogP contribution in [0.2, 0.25) is 0 Å². The molecule has 0 nitrogen and oxygen atoms in total. The molecule has 1 aliphatic carbocycles. The van der Waals surface area contributed by atoms with Crippen LogP contribution in [-0.4, -0.2) is 10.7 Å². The van der Waals surface area contributed by atoms with Crippen molar-refractivity contribution in [2.45, 2.75) is 50.4 Å². The van der Waals surface area contributed by atoms with Gasteiger partial charge >= 0.3 is 0 Å². The molecule has 0 atom stereocenters. The van der Waals surface area contributed by atoms with Gasteiger partial charge in [0.25, 0.3) is 0 Å². The Morgan fingerprint density at radius 2 is 1.58 bits per heavy atom. The monoisotopic (exact) mass is 386 g/mol. The van der Waals surface area contributed by atoms with E-state index in [4.69, 9.17) is 0 Å². The number of alkyl halides is 2. The zero-order valence-corrected chi connectivity index (χ0v) is 14.8. The van der Waals surface area contributed by atoms with Crippen LogP contribution in [0.4, 0.5) is 0 Å². The third kappa shape index (κ3) is 4.07. The van der Waals surface area contributed by atoms with Crippen molar-refractivity contribution < 1.29 is 0 Å². The highest BCUT2D eigenvalue weighted by Gasteiger charge is 2.30. The predicted molar refractivity (Wildman–Crippen MR) is 91.5 cm³/mol. The van der Waals surface area contributed by atoms with Crippen molar-refractivity contribution in [1.29, 1.82) is 0 Å². The van der Waals surface area contributed by atoms with Gasteiger partial charge in [0.05, 0.1) is 0 Å². The highest BCUT2D eigenvalue weighted by Crippen LogP contribution is 2.37. The topological polar surface area (TPSA) is 0 Å². The molecule has 2 rings (SSSR count). The third-order valence-corrected chi connectivity index (χ3v) is 6.80. The fourth-order valence-electron chi connectivity index (χ4n) is 3.22. The molecule has 0 amide bonds. The molecule has 0 aliphatic heterocycles. The predicted octanol–water partition coefficient (Wildman–Crippen LogP) is 6.07. The maximum atomic E-state index is 3.76. The summed E-state index contributed by atoms with van der Waals surface area (Å²) in [5.74, 6) is 0.968. The standard InChI is InChI=1S/C17H24Br2/c18-13-17(14-19,16-9-5-2-6-10-16)12-11-15-7-3-1-4-8-15/h2,5-6,9-10,15H,1,3-4,7-8,11-14H2. The lowest BCUT2D eigenvalue weighted by Crippen LogP contribution is -2.31. The molecule has 0 spiro atoms. The van der Waals surface area contributed by atoms with Crippen LogP contribution in [0.15, 0.2) is 30.3 Å². The largest absolute Gasteiger partial charge is 0.0918 e. The van der Waals surface area contributed by atoms with Gasteiger partial charge < -0.3 is 0 Å². The molecule has 0 aromatic heterocycles. The van der Waals surface area contributed by atoms with E-state index in [0.717, 1.165) is 16.6 Å². The summed E-state index contributed by atoms with van der Waals surface area (Å²) in [4.78, 5) is 0. The van der Waals surface area contributed by atoms with Gasteiger partial charge in [0.2, 0.25) is 0 Å². The van der Waals surface area contributed by atoms with Crippen molar-refractivity contribution >= 4 is 31.9 Å². The van der Waals surface area contributed by atoms with E-state index in [-0.39, 0.29) is 5.41 Å². The lowest BCUT2D eigenvalue weighted by atomic mass is 9.76. The van der Waals surface area contributed by atoms with Crippen molar-refractivity contribution in [3.05, 3.63) is 35.9 Å². The molecule has 0 N–H and O–H groups in total. The van der Waals surface area contributed by atoms with Gasteiger partial charge in [-0.3, -0.25) is 0 Å². The van der Waals surface area contributed by atoms with Gasteiger partial charge in [0.1, 0.15) is 0 Å². The molecule has 19 heavy (non-hydrogen) atoms. The van der Waals surface area contributed by atoms with Crippen LogP contribution in [0, 0.1) is 5.92 Å². The molecule has 106 valence electrons. The Bertz CT molecular complexity index is 351. The van der Waals surface area contributed by atoms with Crippen molar-refractivity contribution in [3.63, 3.8) is 0 Å². The molecule has 0 bridgehead atoms. The van der Waals surface area contributed by atoms with Gasteiger partial charge in [-0.1, -0.05) is 94.3 Å². The van der Waals surface area contributed by atoms with E-state index in [0.29, 0.717) is 0 Å². The van der Waals surface area contributed by atoms with Crippen LogP contribution in [-0.2, 0) is 5.41 Å². The van der Waals surface area contributed by atoms with Gasteiger partial charge in [-0.2, -0.15) is 0 Å². The van der Waals surface area contributed by atoms with Crippen LogP contribution in [0.1, 0.15) is 50.5 Å². The number of hydrogen-bond acceptors (Lipinski definition) is 0. The minimum atomic E-state index is 0.263. The number of halogens is 2. The third-order valence-electron chi connectivity index (χ3n) is 4.65. The highest BCUT2D eigenvalue weighted by molar-refractivity contribution is 9.09. The first-order valence-electron chi connectivity index (χ1n) is 7.48. The molecule has 0 heterocycles. The first-order chi connectivity index (χ1) is 9.30. The maximum absolute atomic E-state index is 3.76. The molecule has 1 saturated carbocycles. The SMILES string of the molecule is BrCC(CBr)(CCC1CCCCC1)c1ccccc1. The Hall–Kier alpha value is 0.180. The van der Waals surface area contributed by atoms with E-state index in [2.05, 4.69) is 62.2 Å². The smallest absolute Gasteiger partial charge is 0.0147 e. The van der Waals surface area contributed by atoms with Crippen molar-refractivity contribution in [2.24, 2.45) is 5.92 Å². The van der Waals surface area contributed by atoms with Crippen molar-refractivity contribution in [2.75, 3.05) is 10.7 Å². The lowest BCUT2D eigenvalue weighted by Gasteiger charge is -2.33. The molecule has 2 heteroatoms. The molecule has 1 aliphatic rings. The van der Waals surface area contributed by atoms with Gasteiger partial charge in [-0.05, 0) is 24.3 Å². The summed E-state index contributed by atoms with van der Waals surface area (Å²) in [6.07, 6.45) is 9.93. The van der Waals surface area contributed by atoms with Crippen LogP contribution >= 0.6 is 31.9 Å². The zero-order chi connectivity index (χ0) is 13.6. The molecule has 1 aromatic carbocycles. The highest BCUT2D eigenvalue weighted by atomic mass is 79.9. The second-order valence-corrected chi connectivity index (χ2v) is 7.08. The lowest BCUT2D eigenvalue weighted by molar-refractivity contribution is 0.307. The Kier molecular flexibility index (Phi) is 6.41. The first kappa shape index (κ1) is 15.6. The number of rotatable bonds is 6. The average Bonchev–Trinajstić information content (AvgIpc) is 2.51. The van der Waals surface area contributed by atoms with Crippen LogP contribution in [0.5, 0.6) is 0 Å². The van der Waals surface area contributed by atoms with Gasteiger partial charge in [-0.25, -0.2) is 0 Å². The summed E-state index contributed by atoms with van der Waals surface area (Å²) < 4.78 is 0. The molecular formula is C17H24Br2. The summed E-state index contributed by atoms with van der Waals surface area (Å²) in [5.41, 5.74) is 1.73. The number of hydrogen-bond donors (Lipinski definition) is 0. The first-order valence-corrected chi connectivity index (χ1v) is 9.72. The Morgan fingerprint density at radius 3 is 2.16 bits per heavy atom. The van der Waals surface area contributed by atoms with Gasteiger partial charge in [0, 0.05) is 16.1 Å². The average molecular weight is 388 g/mol. The van der Waals surface area contributed by atoms with E-state index in [1.165, 1.54) is 50.5 Å². The second kappa shape index (κ2) is 7.83. The second-order valence-electron chi connectivity index (χ2n) is 5.96. The van der Waals surface area contributed by atoms with E-state index < -0.39 is 0 Å². The summed E-state index contributed by atoms with van der Waals surface area (Å²) in [6, 6.07) is 11.0. The minimum Gasteiger partial charge on any atom is -0.0918 e. The fourth-order valence-corrected chi connectivity index (χ4v) is 5.35. The van der Waals surface area contributed by atoms with E-state index in [9.17, 15) is 0 Å². The van der Waals surface area contributed by atoms with E-state index in [1.807, 2.05) is 0 Å². The Morgan fingerprint density at radius 1 is 0.947 bits per heavy atom. The van der Waals surface area contributed by atoms with Crippen LogP contribution in [0.3, 0.4) is 0 Å². The Labute approximate surface area is 134 Å². The number of benzene rings is 1. The van der Waals surface area contributed by atoms with Crippen LogP contribution < -0.4 is 0 Å². The normalized spacial score (nSPS) is 17.6. The maximum Gasteiger partial charge on any atom is 0.0147 e. The van der Waals surface area contributed by atoms with Gasteiger partial charge in [-0.15, -0.1) is 0 Å². The summed E-state index contributed by atoms with van der Waals surface area (Å²) >= 11 is 7.53. The summed E-state index contributed by atoms with van der Waals surface area (Å²) in [7, 11) is 0. The fraction of sp³-hybridized carbons (Fsp3) is 0.647. The molecule has 0 unspecified atom stereocenters. The molecular weight excluding hydrogens is 364 g/mol. The summed E-state index contributed by atoms with van der Waals surface area (Å²) in [6.45, 7) is 0. The molecule has 0 radical (unpaired) electrons. The molecule has 1 fully saturated rings. The molecule has 1 aromatic rings.